The fraction of sp³-hybridized carbons (Fsp3) is 0.462. The summed E-state index contributed by atoms with van der Waals surface area (Å²) in [6.07, 6.45) is 11.9. The predicted molar refractivity (Wildman–Crippen MR) is 121 cm³/mol. The average molecular weight is 403 g/mol. The molecule has 4 nitrogen and oxygen atoms in total. The highest BCUT2D eigenvalue weighted by Crippen LogP contribution is 2.38. The zero-order valence-corrected chi connectivity index (χ0v) is 17.5. The zero-order valence-electron chi connectivity index (χ0n) is 17.5. The first-order chi connectivity index (χ1) is 14.7. The van der Waals surface area contributed by atoms with Gasteiger partial charge in [0.1, 0.15) is 0 Å². The van der Waals surface area contributed by atoms with Gasteiger partial charge in [-0.25, -0.2) is 0 Å². The Balaban J connectivity index is 1.57. The van der Waals surface area contributed by atoms with E-state index >= 15 is 0 Å². The van der Waals surface area contributed by atoms with Gasteiger partial charge in [0.15, 0.2) is 11.6 Å². The second-order valence-electron chi connectivity index (χ2n) is 9.07. The van der Waals surface area contributed by atoms with Crippen molar-refractivity contribution in [2.24, 2.45) is 0 Å². The van der Waals surface area contributed by atoms with Gasteiger partial charge < -0.3 is 10.6 Å². The number of benzene rings is 2. The first-order valence-electron chi connectivity index (χ1n) is 11.6. The molecule has 0 bridgehead atoms. The summed E-state index contributed by atoms with van der Waals surface area (Å²) in [5.74, 6) is -0.0726. The largest absolute Gasteiger partial charge is 0.382 e. The van der Waals surface area contributed by atoms with E-state index in [1.807, 2.05) is 24.3 Å². The second kappa shape index (κ2) is 8.25. The molecule has 3 aliphatic carbocycles. The highest BCUT2D eigenvalue weighted by Gasteiger charge is 2.34. The maximum atomic E-state index is 13.5. The number of fused-ring (bicyclic) bond motifs is 2. The van der Waals surface area contributed by atoms with Crippen LogP contribution in [0.4, 0.5) is 11.4 Å². The van der Waals surface area contributed by atoms with Gasteiger partial charge in [-0.3, -0.25) is 9.59 Å². The lowest BCUT2D eigenvalue weighted by Crippen LogP contribution is -2.29. The molecule has 0 spiro atoms. The first-order valence-corrected chi connectivity index (χ1v) is 11.6. The molecule has 30 heavy (non-hydrogen) atoms. The Hall–Kier alpha value is -2.62. The summed E-state index contributed by atoms with van der Waals surface area (Å²) in [7, 11) is 0. The van der Waals surface area contributed by atoms with E-state index in [9.17, 15) is 9.59 Å². The minimum atomic E-state index is -0.0363. The Morgan fingerprint density at radius 2 is 0.967 bits per heavy atom. The van der Waals surface area contributed by atoms with Crippen molar-refractivity contribution in [3.63, 3.8) is 0 Å². The summed E-state index contributed by atoms with van der Waals surface area (Å²) in [6.45, 7) is 0. The molecule has 0 saturated heterocycles. The van der Waals surface area contributed by atoms with E-state index in [4.69, 9.17) is 0 Å². The summed E-state index contributed by atoms with van der Waals surface area (Å²) < 4.78 is 0. The fourth-order valence-corrected chi connectivity index (χ4v) is 5.40. The number of rotatable bonds is 4. The summed E-state index contributed by atoms with van der Waals surface area (Å²) in [4.78, 5) is 27.1. The summed E-state index contributed by atoms with van der Waals surface area (Å²) in [5, 5.41) is 7.24. The van der Waals surface area contributed by atoms with Crippen molar-refractivity contribution in [1.82, 2.24) is 0 Å². The molecule has 4 heteroatoms. The SMILES string of the molecule is O=C1c2ccccc2C(=O)c2c(NC3CCCCC3)ccc(NC3CCCCC3)c21. The van der Waals surface area contributed by atoms with Crippen LogP contribution in [0.15, 0.2) is 36.4 Å². The third-order valence-electron chi connectivity index (χ3n) is 7.01. The van der Waals surface area contributed by atoms with Crippen molar-refractivity contribution in [1.29, 1.82) is 0 Å². The second-order valence-corrected chi connectivity index (χ2v) is 9.07. The summed E-state index contributed by atoms with van der Waals surface area (Å²) in [6, 6.07) is 12.0. The molecule has 156 valence electrons. The Morgan fingerprint density at radius 1 is 0.567 bits per heavy atom. The molecule has 0 atom stereocenters. The number of hydrogen-bond donors (Lipinski definition) is 2. The summed E-state index contributed by atoms with van der Waals surface area (Å²) in [5.41, 5.74) is 3.81. The van der Waals surface area contributed by atoms with Crippen LogP contribution in [0.3, 0.4) is 0 Å². The monoisotopic (exact) mass is 402 g/mol. The molecule has 2 aromatic carbocycles. The van der Waals surface area contributed by atoms with Crippen molar-refractivity contribution >= 4 is 22.9 Å². The Labute approximate surface area is 178 Å². The molecular formula is C26H30N2O2. The Kier molecular flexibility index (Phi) is 5.32. The third-order valence-corrected chi connectivity index (χ3v) is 7.01. The molecular weight excluding hydrogens is 372 g/mol. The number of carbonyl (C=O) groups is 2. The van der Waals surface area contributed by atoms with Crippen LogP contribution < -0.4 is 10.6 Å². The van der Waals surface area contributed by atoms with Crippen LogP contribution in [0, 0.1) is 0 Å². The van der Waals surface area contributed by atoms with E-state index < -0.39 is 0 Å². The van der Waals surface area contributed by atoms with Crippen LogP contribution in [0.5, 0.6) is 0 Å². The van der Waals surface area contributed by atoms with Gasteiger partial charge in [-0.1, -0.05) is 62.8 Å². The van der Waals surface area contributed by atoms with E-state index in [0.29, 0.717) is 34.3 Å². The average Bonchev–Trinajstić information content (AvgIpc) is 2.80. The van der Waals surface area contributed by atoms with Crippen molar-refractivity contribution in [3.8, 4) is 0 Å². The van der Waals surface area contributed by atoms with Crippen molar-refractivity contribution in [3.05, 3.63) is 58.7 Å². The minimum Gasteiger partial charge on any atom is -0.382 e. The highest BCUT2D eigenvalue weighted by molar-refractivity contribution is 6.31. The molecule has 2 N–H and O–H groups in total. The van der Waals surface area contributed by atoms with E-state index in [0.717, 1.165) is 37.1 Å². The van der Waals surface area contributed by atoms with Crippen LogP contribution in [0.25, 0.3) is 0 Å². The third kappa shape index (κ3) is 3.53. The van der Waals surface area contributed by atoms with Crippen molar-refractivity contribution in [2.45, 2.75) is 76.3 Å². The van der Waals surface area contributed by atoms with E-state index in [2.05, 4.69) is 10.6 Å². The fourth-order valence-electron chi connectivity index (χ4n) is 5.40. The van der Waals surface area contributed by atoms with Gasteiger partial charge in [0.25, 0.3) is 0 Å². The highest BCUT2D eigenvalue weighted by atomic mass is 16.1. The number of nitrogens with one attached hydrogen (secondary N) is 2. The van der Waals surface area contributed by atoms with Gasteiger partial charge in [-0.15, -0.1) is 0 Å². The normalized spacial score (nSPS) is 19.9. The predicted octanol–water partition coefficient (Wildman–Crippen LogP) is 5.95. The lowest BCUT2D eigenvalue weighted by molar-refractivity contribution is 0.0980. The minimum absolute atomic E-state index is 0.0363. The van der Waals surface area contributed by atoms with Gasteiger partial charge >= 0.3 is 0 Å². The van der Waals surface area contributed by atoms with E-state index in [1.54, 1.807) is 12.1 Å². The van der Waals surface area contributed by atoms with E-state index in [1.165, 1.54) is 38.5 Å². The zero-order chi connectivity index (χ0) is 20.5. The maximum absolute atomic E-state index is 13.5. The van der Waals surface area contributed by atoms with Crippen LogP contribution in [0.1, 0.15) is 96.1 Å². The first kappa shape index (κ1) is 19.3. The molecule has 0 aromatic heterocycles. The van der Waals surface area contributed by atoms with Gasteiger partial charge in [-0.05, 0) is 37.8 Å². The van der Waals surface area contributed by atoms with Crippen LogP contribution in [0.2, 0.25) is 0 Å². The molecule has 0 aliphatic heterocycles. The molecule has 0 radical (unpaired) electrons. The number of anilines is 2. The topological polar surface area (TPSA) is 58.2 Å². The van der Waals surface area contributed by atoms with Gasteiger partial charge in [-0.2, -0.15) is 0 Å². The lowest BCUT2D eigenvalue weighted by atomic mass is 9.81. The Bertz CT molecular complexity index is 891. The van der Waals surface area contributed by atoms with Crippen molar-refractivity contribution < 1.29 is 9.59 Å². The molecule has 5 rings (SSSR count). The van der Waals surface area contributed by atoms with Gasteiger partial charge in [0.2, 0.25) is 0 Å². The van der Waals surface area contributed by atoms with Gasteiger partial charge in [0.05, 0.1) is 11.1 Å². The smallest absolute Gasteiger partial charge is 0.196 e. The molecule has 0 amide bonds. The van der Waals surface area contributed by atoms with Gasteiger partial charge in [0, 0.05) is 34.6 Å². The molecule has 0 unspecified atom stereocenters. The molecule has 0 heterocycles. The maximum Gasteiger partial charge on any atom is 0.196 e. The molecule has 2 saturated carbocycles. The van der Waals surface area contributed by atoms with Crippen molar-refractivity contribution in [2.75, 3.05) is 10.6 Å². The van der Waals surface area contributed by atoms with Crippen LogP contribution in [-0.4, -0.2) is 23.7 Å². The number of hydrogen-bond acceptors (Lipinski definition) is 4. The van der Waals surface area contributed by atoms with Crippen LogP contribution in [-0.2, 0) is 0 Å². The van der Waals surface area contributed by atoms with Crippen LogP contribution >= 0.6 is 0 Å². The molecule has 2 aromatic rings. The molecule has 3 aliphatic rings. The lowest BCUT2D eigenvalue weighted by Gasteiger charge is -2.30. The Morgan fingerprint density at radius 3 is 1.37 bits per heavy atom. The molecule has 2 fully saturated rings. The number of ketones is 2. The number of carbonyl (C=O) groups excluding carboxylic acids is 2. The standard InChI is InChI=1S/C26H30N2O2/c29-25-19-13-7-8-14-20(19)26(30)24-22(28-18-11-5-2-6-12-18)16-15-21(23(24)25)27-17-9-3-1-4-10-17/h7-8,13-18,27-28H,1-6,9-12H2. The quantitative estimate of drug-likeness (QED) is 0.566. The summed E-state index contributed by atoms with van der Waals surface area (Å²) >= 11 is 0. The van der Waals surface area contributed by atoms with E-state index in [-0.39, 0.29) is 11.6 Å².